The molecule has 0 bridgehead atoms. The third kappa shape index (κ3) is 2.52. The van der Waals surface area contributed by atoms with Crippen molar-refractivity contribution < 1.29 is 4.79 Å². The van der Waals surface area contributed by atoms with E-state index in [4.69, 9.17) is 11.6 Å². The van der Waals surface area contributed by atoms with Gasteiger partial charge in [-0.3, -0.25) is 4.79 Å². The molecule has 4 nitrogen and oxygen atoms in total. The number of rotatable bonds is 3. The summed E-state index contributed by atoms with van der Waals surface area (Å²) in [5.74, 6) is 1.29. The van der Waals surface area contributed by atoms with Crippen LogP contribution in [0.2, 0.25) is 0 Å². The first-order chi connectivity index (χ1) is 9.79. The topological polar surface area (TPSA) is 37.6 Å². The van der Waals surface area contributed by atoms with Crippen LogP contribution in [-0.4, -0.2) is 39.4 Å². The van der Waals surface area contributed by atoms with E-state index in [0.29, 0.717) is 17.4 Å². The Hall–Kier alpha value is -1.55. The molecule has 2 aromatic heterocycles. The summed E-state index contributed by atoms with van der Waals surface area (Å²) in [5, 5.41) is 4.24. The molecule has 1 fully saturated rings. The van der Waals surface area contributed by atoms with Crippen molar-refractivity contribution in [2.45, 2.75) is 19.3 Å². The van der Waals surface area contributed by atoms with Gasteiger partial charge in [-0.1, -0.05) is 6.07 Å². The van der Waals surface area contributed by atoms with Crippen LogP contribution in [0.15, 0.2) is 30.6 Å². The number of carbonyl (C=O) groups excluding carboxylic acids is 1. The molecule has 1 saturated heterocycles. The molecule has 1 aliphatic heterocycles. The Balaban J connectivity index is 1.81. The maximum absolute atomic E-state index is 12.7. The first-order valence-electron chi connectivity index (χ1n) is 7.07. The fourth-order valence-electron chi connectivity index (χ4n) is 2.91. The van der Waals surface area contributed by atoms with Gasteiger partial charge in [0.25, 0.3) is 5.91 Å². The molecule has 1 atom stereocenters. The number of amides is 1. The van der Waals surface area contributed by atoms with Crippen LogP contribution in [0.1, 0.15) is 29.6 Å². The van der Waals surface area contributed by atoms with Crippen molar-refractivity contribution >= 4 is 23.0 Å². The molecule has 0 aliphatic carbocycles. The van der Waals surface area contributed by atoms with Gasteiger partial charge in [0.2, 0.25) is 0 Å². The van der Waals surface area contributed by atoms with Gasteiger partial charge in [-0.25, -0.2) is 4.52 Å². The van der Waals surface area contributed by atoms with Gasteiger partial charge in [-0.05, 0) is 37.3 Å². The molecule has 3 rings (SSSR count). The van der Waals surface area contributed by atoms with E-state index in [1.807, 2.05) is 29.3 Å². The second-order valence-electron chi connectivity index (χ2n) is 5.33. The van der Waals surface area contributed by atoms with E-state index in [0.717, 1.165) is 31.4 Å². The number of hydrogen-bond donors (Lipinski definition) is 0. The third-order valence-corrected chi connectivity index (χ3v) is 4.20. The van der Waals surface area contributed by atoms with E-state index in [9.17, 15) is 4.79 Å². The lowest BCUT2D eigenvalue weighted by atomic mass is 9.95. The summed E-state index contributed by atoms with van der Waals surface area (Å²) in [7, 11) is 0. The second kappa shape index (κ2) is 5.83. The lowest BCUT2D eigenvalue weighted by Crippen LogP contribution is -2.40. The third-order valence-electron chi connectivity index (χ3n) is 3.98. The number of likely N-dealkylation sites (tertiary alicyclic amines) is 1. The maximum atomic E-state index is 12.7. The molecule has 0 aromatic carbocycles. The number of nitrogens with zero attached hydrogens (tertiary/aromatic N) is 3. The zero-order valence-corrected chi connectivity index (χ0v) is 12.1. The number of piperidine rings is 1. The van der Waals surface area contributed by atoms with E-state index in [1.165, 1.54) is 6.42 Å². The first kappa shape index (κ1) is 13.4. The zero-order chi connectivity index (χ0) is 13.9. The van der Waals surface area contributed by atoms with E-state index in [2.05, 4.69) is 5.10 Å². The van der Waals surface area contributed by atoms with E-state index < -0.39 is 0 Å². The number of fused-ring (bicyclic) bond motifs is 1. The Labute approximate surface area is 123 Å². The average Bonchev–Trinajstić information content (AvgIpc) is 2.91. The van der Waals surface area contributed by atoms with Crippen LogP contribution in [0.4, 0.5) is 0 Å². The molecular formula is C15H18ClN3O. The Kier molecular flexibility index (Phi) is 3.92. The standard InChI is InChI=1S/C15H18ClN3O/c16-7-6-12-4-3-8-18(11-12)15(20)13-10-17-19-9-2-1-5-14(13)19/h1-2,5,9-10,12H,3-4,6-8,11H2. The van der Waals surface area contributed by atoms with Crippen molar-refractivity contribution in [1.29, 1.82) is 0 Å². The van der Waals surface area contributed by atoms with Crippen LogP contribution in [-0.2, 0) is 0 Å². The molecule has 1 amide bonds. The number of halogens is 1. The predicted octanol–water partition coefficient (Wildman–Crippen LogP) is 2.82. The molecule has 2 aromatic rings. The average molecular weight is 292 g/mol. The number of pyridine rings is 1. The summed E-state index contributed by atoms with van der Waals surface area (Å²) in [6.07, 6.45) is 6.75. The van der Waals surface area contributed by atoms with Gasteiger partial charge in [-0.15, -0.1) is 11.6 Å². The zero-order valence-electron chi connectivity index (χ0n) is 11.3. The lowest BCUT2D eigenvalue weighted by Gasteiger charge is -2.32. The number of alkyl halides is 1. The Morgan fingerprint density at radius 3 is 3.20 bits per heavy atom. The van der Waals surface area contributed by atoms with E-state index in [1.54, 1.807) is 10.7 Å². The number of aromatic nitrogens is 2. The van der Waals surface area contributed by atoms with Crippen molar-refractivity contribution in [3.8, 4) is 0 Å². The molecule has 0 spiro atoms. The van der Waals surface area contributed by atoms with Crippen molar-refractivity contribution in [1.82, 2.24) is 14.5 Å². The molecule has 20 heavy (non-hydrogen) atoms. The van der Waals surface area contributed by atoms with Gasteiger partial charge in [0, 0.05) is 25.2 Å². The van der Waals surface area contributed by atoms with E-state index in [-0.39, 0.29) is 5.91 Å². The highest BCUT2D eigenvalue weighted by molar-refractivity contribution is 6.17. The number of hydrogen-bond acceptors (Lipinski definition) is 2. The highest BCUT2D eigenvalue weighted by Crippen LogP contribution is 2.22. The quantitative estimate of drug-likeness (QED) is 0.816. The molecule has 1 aliphatic rings. The minimum absolute atomic E-state index is 0.0884. The molecular weight excluding hydrogens is 274 g/mol. The molecule has 0 N–H and O–H groups in total. The fourth-order valence-corrected chi connectivity index (χ4v) is 3.22. The maximum Gasteiger partial charge on any atom is 0.257 e. The van der Waals surface area contributed by atoms with Crippen LogP contribution in [0, 0.1) is 5.92 Å². The summed E-state index contributed by atoms with van der Waals surface area (Å²) >= 11 is 5.82. The highest BCUT2D eigenvalue weighted by atomic mass is 35.5. The fraction of sp³-hybridized carbons (Fsp3) is 0.467. The molecule has 3 heterocycles. The van der Waals surface area contributed by atoms with Crippen LogP contribution >= 0.6 is 11.6 Å². The Morgan fingerprint density at radius 2 is 2.35 bits per heavy atom. The van der Waals surface area contributed by atoms with Crippen LogP contribution < -0.4 is 0 Å². The SMILES string of the molecule is O=C(c1cnn2ccccc12)N1CCCC(CCCl)C1. The minimum Gasteiger partial charge on any atom is -0.338 e. The predicted molar refractivity (Wildman–Crippen MR) is 79.2 cm³/mol. The normalized spacial score (nSPS) is 19.4. The van der Waals surface area contributed by atoms with Gasteiger partial charge in [0.15, 0.2) is 0 Å². The lowest BCUT2D eigenvalue weighted by molar-refractivity contribution is 0.0673. The highest BCUT2D eigenvalue weighted by Gasteiger charge is 2.25. The minimum atomic E-state index is 0.0884. The van der Waals surface area contributed by atoms with Gasteiger partial charge < -0.3 is 4.90 Å². The molecule has 0 saturated carbocycles. The van der Waals surface area contributed by atoms with E-state index >= 15 is 0 Å². The van der Waals surface area contributed by atoms with Gasteiger partial charge >= 0.3 is 0 Å². The van der Waals surface area contributed by atoms with Crippen molar-refractivity contribution in [3.05, 3.63) is 36.2 Å². The summed E-state index contributed by atoms with van der Waals surface area (Å²) in [6.45, 7) is 1.65. The molecule has 106 valence electrons. The van der Waals surface area contributed by atoms with Crippen molar-refractivity contribution in [2.24, 2.45) is 5.92 Å². The molecule has 0 radical (unpaired) electrons. The van der Waals surface area contributed by atoms with Gasteiger partial charge in [-0.2, -0.15) is 5.10 Å². The van der Waals surface area contributed by atoms with Crippen LogP contribution in [0.3, 0.4) is 0 Å². The van der Waals surface area contributed by atoms with Crippen LogP contribution in [0.5, 0.6) is 0 Å². The first-order valence-corrected chi connectivity index (χ1v) is 7.60. The Bertz CT molecular complexity index is 608. The van der Waals surface area contributed by atoms with Crippen molar-refractivity contribution in [3.63, 3.8) is 0 Å². The van der Waals surface area contributed by atoms with Gasteiger partial charge in [0.05, 0.1) is 17.3 Å². The smallest absolute Gasteiger partial charge is 0.257 e. The summed E-state index contributed by atoms with van der Waals surface area (Å²) in [5.41, 5.74) is 1.56. The van der Waals surface area contributed by atoms with Gasteiger partial charge in [0.1, 0.15) is 0 Å². The largest absolute Gasteiger partial charge is 0.338 e. The van der Waals surface area contributed by atoms with Crippen LogP contribution in [0.25, 0.3) is 5.52 Å². The second-order valence-corrected chi connectivity index (χ2v) is 5.70. The summed E-state index contributed by atoms with van der Waals surface area (Å²) in [4.78, 5) is 14.6. The van der Waals surface area contributed by atoms with Crippen molar-refractivity contribution in [2.75, 3.05) is 19.0 Å². The Morgan fingerprint density at radius 1 is 1.45 bits per heavy atom. The summed E-state index contributed by atoms with van der Waals surface area (Å²) in [6, 6.07) is 5.77. The summed E-state index contributed by atoms with van der Waals surface area (Å²) < 4.78 is 1.74. The monoisotopic (exact) mass is 291 g/mol. The molecule has 5 heteroatoms. The number of carbonyl (C=O) groups is 1. The molecule has 1 unspecified atom stereocenters.